The lowest BCUT2D eigenvalue weighted by Gasteiger charge is -2.03. The third-order valence-electron chi connectivity index (χ3n) is 3.83. The Morgan fingerprint density at radius 2 is 1.81 bits per heavy atom. The maximum absolute atomic E-state index is 12.6. The molecule has 0 saturated carbocycles. The van der Waals surface area contributed by atoms with Gasteiger partial charge in [0.1, 0.15) is 5.15 Å². The Morgan fingerprint density at radius 3 is 2.33 bits per heavy atom. The summed E-state index contributed by atoms with van der Waals surface area (Å²) < 4.78 is 5.17. The molecule has 2 aromatic heterocycles. The predicted molar refractivity (Wildman–Crippen MR) is 83.9 cm³/mol. The summed E-state index contributed by atoms with van der Waals surface area (Å²) >= 11 is 6.29. The monoisotopic (exact) mass is 304 g/mol. The van der Waals surface area contributed by atoms with E-state index in [2.05, 4.69) is 5.10 Å². The molecule has 0 saturated heterocycles. The van der Waals surface area contributed by atoms with Crippen molar-refractivity contribution in [1.29, 1.82) is 0 Å². The second-order valence-electron chi connectivity index (χ2n) is 5.08. The molecule has 3 rings (SSSR count). The maximum Gasteiger partial charge on any atom is 0.329 e. The molecule has 0 bridgehead atoms. The van der Waals surface area contributed by atoms with Crippen LogP contribution in [0.3, 0.4) is 0 Å². The molecule has 0 aliphatic rings. The first-order valence-corrected chi connectivity index (χ1v) is 7.28. The molecule has 21 heavy (non-hydrogen) atoms. The molecule has 0 amide bonds. The largest absolute Gasteiger partial charge is 0.329 e. The van der Waals surface area contributed by atoms with Crippen LogP contribution in [0, 0.1) is 6.92 Å². The first kappa shape index (κ1) is 13.9. The summed E-state index contributed by atoms with van der Waals surface area (Å²) in [6.45, 7) is 4.96. The van der Waals surface area contributed by atoms with E-state index in [-0.39, 0.29) is 5.69 Å². The van der Waals surface area contributed by atoms with Gasteiger partial charge in [0.05, 0.1) is 23.3 Å². The number of aromatic nitrogens is 4. The van der Waals surface area contributed by atoms with Gasteiger partial charge in [-0.15, -0.1) is 0 Å². The van der Waals surface area contributed by atoms with Gasteiger partial charge in [-0.1, -0.05) is 23.7 Å². The minimum Gasteiger partial charge on any atom is -0.292 e. The molecule has 6 heteroatoms. The van der Waals surface area contributed by atoms with E-state index in [0.29, 0.717) is 18.2 Å². The second kappa shape index (κ2) is 5.07. The summed E-state index contributed by atoms with van der Waals surface area (Å²) in [5.74, 6) is 0. The molecular formula is C15H17ClN4O. The lowest BCUT2D eigenvalue weighted by molar-refractivity contribution is 0.683. The Hall–Kier alpha value is -2.01. The van der Waals surface area contributed by atoms with Crippen LogP contribution in [0.5, 0.6) is 0 Å². The zero-order valence-electron chi connectivity index (χ0n) is 12.3. The van der Waals surface area contributed by atoms with E-state index in [9.17, 15) is 4.79 Å². The fourth-order valence-corrected chi connectivity index (χ4v) is 2.98. The summed E-state index contributed by atoms with van der Waals surface area (Å²) in [4.78, 5) is 12.6. The summed E-state index contributed by atoms with van der Waals surface area (Å²) in [5.41, 5.74) is 3.59. The lowest BCUT2D eigenvalue weighted by Crippen LogP contribution is -2.24. The highest BCUT2D eigenvalue weighted by Crippen LogP contribution is 2.21. The molecule has 0 unspecified atom stereocenters. The number of aryl methyl sites for hydroxylation is 3. The fourth-order valence-electron chi connectivity index (χ4n) is 2.74. The molecule has 0 aliphatic carbocycles. The predicted octanol–water partition coefficient (Wildman–Crippen LogP) is 2.57. The molecule has 0 aliphatic heterocycles. The Kier molecular flexibility index (Phi) is 3.37. The standard InChI is InChI=1S/C15H17ClN4O/c1-4-19-12-7-5-6-8-13(12)20(15(19)21)9-11-10(2)17-18(3)14(11)16/h5-8H,4,9H2,1-3H3. The highest BCUT2D eigenvalue weighted by Gasteiger charge is 2.16. The minimum absolute atomic E-state index is 0.0157. The van der Waals surface area contributed by atoms with Crippen LogP contribution in [0.1, 0.15) is 18.2 Å². The van der Waals surface area contributed by atoms with Crippen molar-refractivity contribution in [1.82, 2.24) is 18.9 Å². The van der Waals surface area contributed by atoms with Crippen molar-refractivity contribution < 1.29 is 0 Å². The molecule has 0 radical (unpaired) electrons. The van der Waals surface area contributed by atoms with Crippen molar-refractivity contribution in [2.45, 2.75) is 26.9 Å². The van der Waals surface area contributed by atoms with Crippen LogP contribution in [0.2, 0.25) is 5.15 Å². The van der Waals surface area contributed by atoms with Crippen LogP contribution in [0.25, 0.3) is 11.0 Å². The third-order valence-corrected chi connectivity index (χ3v) is 4.30. The van der Waals surface area contributed by atoms with Crippen LogP contribution in [-0.2, 0) is 20.1 Å². The van der Waals surface area contributed by atoms with Crippen molar-refractivity contribution >= 4 is 22.6 Å². The first-order valence-electron chi connectivity index (χ1n) is 6.90. The van der Waals surface area contributed by atoms with E-state index >= 15 is 0 Å². The van der Waals surface area contributed by atoms with Crippen LogP contribution in [0.4, 0.5) is 0 Å². The lowest BCUT2D eigenvalue weighted by atomic mass is 10.2. The number of halogens is 1. The normalized spacial score (nSPS) is 11.4. The Labute approximate surface area is 127 Å². The van der Waals surface area contributed by atoms with Gasteiger partial charge in [-0.05, 0) is 26.0 Å². The van der Waals surface area contributed by atoms with Gasteiger partial charge >= 0.3 is 5.69 Å². The Bertz CT molecular complexity index is 872. The molecule has 1 aromatic carbocycles. The van der Waals surface area contributed by atoms with Gasteiger partial charge in [0.2, 0.25) is 0 Å². The molecule has 0 fully saturated rings. The van der Waals surface area contributed by atoms with Gasteiger partial charge in [0.25, 0.3) is 0 Å². The average Bonchev–Trinajstić information content (AvgIpc) is 2.88. The smallest absolute Gasteiger partial charge is 0.292 e. The van der Waals surface area contributed by atoms with Crippen molar-refractivity contribution in [2.75, 3.05) is 0 Å². The molecule has 2 heterocycles. The molecular weight excluding hydrogens is 288 g/mol. The van der Waals surface area contributed by atoms with Crippen LogP contribution in [-0.4, -0.2) is 18.9 Å². The van der Waals surface area contributed by atoms with E-state index in [1.807, 2.05) is 38.1 Å². The van der Waals surface area contributed by atoms with E-state index in [1.165, 1.54) is 0 Å². The molecule has 5 nitrogen and oxygen atoms in total. The molecule has 0 N–H and O–H groups in total. The molecule has 3 aromatic rings. The second-order valence-corrected chi connectivity index (χ2v) is 5.44. The van der Waals surface area contributed by atoms with E-state index in [1.54, 1.807) is 20.9 Å². The number of benzene rings is 1. The van der Waals surface area contributed by atoms with Crippen LogP contribution in [0.15, 0.2) is 29.1 Å². The molecule has 0 atom stereocenters. The van der Waals surface area contributed by atoms with Crippen molar-refractivity contribution in [3.63, 3.8) is 0 Å². The summed E-state index contributed by atoms with van der Waals surface area (Å²) in [6, 6.07) is 7.81. The highest BCUT2D eigenvalue weighted by molar-refractivity contribution is 6.30. The van der Waals surface area contributed by atoms with Gasteiger partial charge in [0, 0.05) is 19.2 Å². The summed E-state index contributed by atoms with van der Waals surface area (Å²) in [5, 5.41) is 4.88. The fraction of sp³-hybridized carbons (Fsp3) is 0.333. The van der Waals surface area contributed by atoms with Gasteiger partial charge in [-0.2, -0.15) is 5.10 Å². The minimum atomic E-state index is -0.0157. The van der Waals surface area contributed by atoms with E-state index in [4.69, 9.17) is 11.6 Å². The van der Waals surface area contributed by atoms with Crippen molar-refractivity contribution in [3.05, 3.63) is 51.2 Å². The van der Waals surface area contributed by atoms with Crippen LogP contribution < -0.4 is 5.69 Å². The number of para-hydroxylation sites is 2. The SMILES string of the molecule is CCn1c(=O)n(Cc2c(C)nn(C)c2Cl)c2ccccc21. The third kappa shape index (κ3) is 2.08. The Balaban J connectivity index is 2.22. The number of hydrogen-bond acceptors (Lipinski definition) is 2. The molecule has 110 valence electrons. The maximum atomic E-state index is 12.6. The van der Waals surface area contributed by atoms with E-state index < -0.39 is 0 Å². The van der Waals surface area contributed by atoms with Crippen molar-refractivity contribution in [3.8, 4) is 0 Å². The number of rotatable bonds is 3. The topological polar surface area (TPSA) is 44.8 Å². The van der Waals surface area contributed by atoms with Gasteiger partial charge in [-0.3, -0.25) is 13.8 Å². The average molecular weight is 305 g/mol. The number of fused-ring (bicyclic) bond motifs is 1. The van der Waals surface area contributed by atoms with Crippen LogP contribution >= 0.6 is 11.6 Å². The summed E-state index contributed by atoms with van der Waals surface area (Å²) in [7, 11) is 1.80. The quantitative estimate of drug-likeness (QED) is 0.746. The molecule has 0 spiro atoms. The number of nitrogens with zero attached hydrogens (tertiary/aromatic N) is 4. The summed E-state index contributed by atoms with van der Waals surface area (Å²) in [6.07, 6.45) is 0. The number of imidazole rings is 1. The van der Waals surface area contributed by atoms with Gasteiger partial charge < -0.3 is 0 Å². The van der Waals surface area contributed by atoms with E-state index in [0.717, 1.165) is 22.3 Å². The Morgan fingerprint density at radius 1 is 1.19 bits per heavy atom. The number of hydrogen-bond donors (Lipinski definition) is 0. The highest BCUT2D eigenvalue weighted by atomic mass is 35.5. The van der Waals surface area contributed by atoms with Crippen molar-refractivity contribution in [2.24, 2.45) is 7.05 Å². The first-order chi connectivity index (χ1) is 10.0. The zero-order chi connectivity index (χ0) is 15.1. The van der Waals surface area contributed by atoms with Gasteiger partial charge in [0.15, 0.2) is 0 Å². The zero-order valence-corrected chi connectivity index (χ0v) is 13.1. The van der Waals surface area contributed by atoms with Gasteiger partial charge in [-0.25, -0.2) is 4.79 Å².